The van der Waals surface area contributed by atoms with E-state index in [2.05, 4.69) is 5.32 Å². The van der Waals surface area contributed by atoms with Crippen molar-refractivity contribution in [3.63, 3.8) is 0 Å². The molecule has 5 heteroatoms. The van der Waals surface area contributed by atoms with Crippen molar-refractivity contribution in [2.24, 2.45) is 0 Å². The van der Waals surface area contributed by atoms with E-state index in [1.165, 1.54) is 0 Å². The number of carbonyl (C=O) groups excluding carboxylic acids is 1. The van der Waals surface area contributed by atoms with Gasteiger partial charge < -0.3 is 10.2 Å². The maximum atomic E-state index is 11.6. The first-order valence-electron chi connectivity index (χ1n) is 4.73. The fourth-order valence-electron chi connectivity index (χ4n) is 1.20. The maximum absolute atomic E-state index is 11.6. The number of aryl methyl sites for hydroxylation is 1. The van der Waals surface area contributed by atoms with Crippen LogP contribution in [-0.2, 0) is 4.79 Å². The average Bonchev–Trinajstić information content (AvgIpc) is 2.21. The van der Waals surface area contributed by atoms with Gasteiger partial charge in [-0.2, -0.15) is 0 Å². The Labute approximate surface area is 107 Å². The van der Waals surface area contributed by atoms with Gasteiger partial charge in [0, 0.05) is 17.8 Å². The molecule has 0 saturated heterocycles. The molecule has 0 aliphatic carbocycles. The van der Waals surface area contributed by atoms with Gasteiger partial charge in [0.1, 0.15) is 0 Å². The number of likely N-dealkylation sites (N-methyl/N-ethyl adjacent to an activating group) is 2. The topological polar surface area (TPSA) is 32.3 Å². The fraction of sp³-hybridized carbons (Fsp3) is 0.364. The fourth-order valence-corrected chi connectivity index (χ4v) is 1.38. The zero-order chi connectivity index (χ0) is 11.4. The zero-order valence-corrected chi connectivity index (χ0v) is 11.2. The number of halogens is 2. The summed E-state index contributed by atoms with van der Waals surface area (Å²) in [6.07, 6.45) is 0. The van der Waals surface area contributed by atoms with Crippen molar-refractivity contribution in [2.75, 3.05) is 25.5 Å². The second-order valence-corrected chi connectivity index (χ2v) is 3.82. The van der Waals surface area contributed by atoms with Gasteiger partial charge in [-0.25, -0.2) is 0 Å². The molecule has 0 bridgehead atoms. The van der Waals surface area contributed by atoms with Crippen LogP contribution in [0.3, 0.4) is 0 Å². The Bertz CT molecular complexity index is 369. The third-order valence-corrected chi connectivity index (χ3v) is 2.65. The zero-order valence-electron chi connectivity index (χ0n) is 9.58. The second kappa shape index (κ2) is 6.74. The van der Waals surface area contributed by atoms with E-state index in [1.54, 1.807) is 25.1 Å². The van der Waals surface area contributed by atoms with Crippen molar-refractivity contribution < 1.29 is 4.79 Å². The molecule has 16 heavy (non-hydrogen) atoms. The minimum Gasteiger partial charge on any atom is -0.314 e. The summed E-state index contributed by atoms with van der Waals surface area (Å²) in [4.78, 5) is 13.1. The molecule has 0 aromatic heterocycles. The molecule has 3 nitrogen and oxygen atoms in total. The smallest absolute Gasteiger partial charge is 0.240 e. The third-order valence-electron chi connectivity index (χ3n) is 2.24. The van der Waals surface area contributed by atoms with Gasteiger partial charge in [-0.05, 0) is 31.7 Å². The molecule has 0 radical (unpaired) electrons. The molecule has 0 fully saturated rings. The molecular weight excluding hydrogens is 247 g/mol. The van der Waals surface area contributed by atoms with E-state index in [9.17, 15) is 4.79 Å². The van der Waals surface area contributed by atoms with Gasteiger partial charge in [0.15, 0.2) is 0 Å². The molecule has 0 heterocycles. The van der Waals surface area contributed by atoms with E-state index in [4.69, 9.17) is 11.6 Å². The summed E-state index contributed by atoms with van der Waals surface area (Å²) in [5.74, 6) is 0.0115. The molecule has 0 saturated carbocycles. The number of anilines is 1. The van der Waals surface area contributed by atoms with E-state index >= 15 is 0 Å². The summed E-state index contributed by atoms with van der Waals surface area (Å²) in [6.45, 7) is 2.25. The quantitative estimate of drug-likeness (QED) is 0.907. The first-order chi connectivity index (χ1) is 7.06. The molecule has 90 valence electrons. The molecular formula is C11H16Cl2N2O. The lowest BCUT2D eigenvalue weighted by molar-refractivity contribution is -0.117. The van der Waals surface area contributed by atoms with Gasteiger partial charge >= 0.3 is 0 Å². The summed E-state index contributed by atoms with van der Waals surface area (Å²) < 4.78 is 0. The molecule has 1 amide bonds. The summed E-state index contributed by atoms with van der Waals surface area (Å²) in [5, 5.41) is 3.50. The minimum atomic E-state index is 0. The minimum absolute atomic E-state index is 0. The van der Waals surface area contributed by atoms with Crippen molar-refractivity contribution in [2.45, 2.75) is 6.92 Å². The van der Waals surface area contributed by atoms with Crippen molar-refractivity contribution in [1.29, 1.82) is 0 Å². The molecule has 0 unspecified atom stereocenters. The van der Waals surface area contributed by atoms with Crippen LogP contribution in [0.5, 0.6) is 0 Å². The van der Waals surface area contributed by atoms with Gasteiger partial charge in [-0.1, -0.05) is 17.7 Å². The summed E-state index contributed by atoms with van der Waals surface area (Å²) in [7, 11) is 3.48. The number of nitrogens with one attached hydrogen (secondary N) is 1. The van der Waals surface area contributed by atoms with Crippen LogP contribution in [0.25, 0.3) is 0 Å². The Kier molecular flexibility index (Phi) is 6.41. The van der Waals surface area contributed by atoms with E-state index in [1.807, 2.05) is 19.1 Å². The number of carbonyl (C=O) groups is 1. The van der Waals surface area contributed by atoms with Crippen molar-refractivity contribution in [3.05, 3.63) is 28.8 Å². The number of benzene rings is 1. The summed E-state index contributed by atoms with van der Waals surface area (Å²) in [5.41, 5.74) is 1.82. The van der Waals surface area contributed by atoms with Crippen LogP contribution in [0, 0.1) is 6.92 Å². The molecule has 1 aromatic rings. The van der Waals surface area contributed by atoms with E-state index < -0.39 is 0 Å². The highest BCUT2D eigenvalue weighted by atomic mass is 35.5. The van der Waals surface area contributed by atoms with E-state index in [0.29, 0.717) is 11.6 Å². The monoisotopic (exact) mass is 262 g/mol. The number of hydrogen-bond acceptors (Lipinski definition) is 2. The normalized spacial score (nSPS) is 9.50. The first kappa shape index (κ1) is 15.2. The van der Waals surface area contributed by atoms with Crippen LogP contribution in [-0.4, -0.2) is 26.5 Å². The predicted molar refractivity (Wildman–Crippen MR) is 70.8 cm³/mol. The molecule has 0 atom stereocenters. The van der Waals surface area contributed by atoms with Gasteiger partial charge in [-0.15, -0.1) is 12.4 Å². The van der Waals surface area contributed by atoms with Gasteiger partial charge in [0.25, 0.3) is 0 Å². The highest BCUT2D eigenvalue weighted by molar-refractivity contribution is 6.31. The highest BCUT2D eigenvalue weighted by Crippen LogP contribution is 2.22. The third kappa shape index (κ3) is 3.67. The lowest BCUT2D eigenvalue weighted by Crippen LogP contribution is -2.34. The van der Waals surface area contributed by atoms with Gasteiger partial charge in [0.2, 0.25) is 5.91 Å². The summed E-state index contributed by atoms with van der Waals surface area (Å²) >= 11 is 5.99. The van der Waals surface area contributed by atoms with Crippen LogP contribution in [0.15, 0.2) is 18.2 Å². The van der Waals surface area contributed by atoms with Gasteiger partial charge in [-0.3, -0.25) is 4.79 Å². The number of rotatable bonds is 3. The van der Waals surface area contributed by atoms with Crippen molar-refractivity contribution >= 4 is 35.6 Å². The highest BCUT2D eigenvalue weighted by Gasteiger charge is 2.10. The molecule has 0 spiro atoms. The number of hydrogen-bond donors (Lipinski definition) is 1. The van der Waals surface area contributed by atoms with Gasteiger partial charge in [0.05, 0.1) is 6.54 Å². The number of amides is 1. The standard InChI is InChI=1S/C11H15ClN2O.ClH/c1-8-4-5-9(6-10(8)12)14(3)11(15)7-13-2;/h4-6,13H,7H2,1-3H3;1H. The van der Waals surface area contributed by atoms with Crippen LogP contribution in [0.1, 0.15) is 5.56 Å². The largest absolute Gasteiger partial charge is 0.314 e. The molecule has 1 aromatic carbocycles. The lowest BCUT2D eigenvalue weighted by Gasteiger charge is -2.17. The summed E-state index contributed by atoms with van der Waals surface area (Å²) in [6, 6.07) is 5.58. The first-order valence-corrected chi connectivity index (χ1v) is 5.11. The van der Waals surface area contributed by atoms with Crippen LogP contribution in [0.4, 0.5) is 5.69 Å². The maximum Gasteiger partial charge on any atom is 0.240 e. The molecule has 0 aliphatic heterocycles. The average molecular weight is 263 g/mol. The molecule has 0 aliphatic rings. The Morgan fingerprint density at radius 1 is 1.50 bits per heavy atom. The van der Waals surface area contributed by atoms with E-state index in [0.717, 1.165) is 11.3 Å². The van der Waals surface area contributed by atoms with Crippen molar-refractivity contribution in [3.8, 4) is 0 Å². The Morgan fingerprint density at radius 2 is 2.12 bits per heavy atom. The Hall–Kier alpha value is -0.770. The Balaban J connectivity index is 0.00000225. The van der Waals surface area contributed by atoms with E-state index in [-0.39, 0.29) is 18.3 Å². The Morgan fingerprint density at radius 3 is 2.62 bits per heavy atom. The molecule has 1 rings (SSSR count). The SMILES string of the molecule is CNCC(=O)N(C)c1ccc(C)c(Cl)c1.Cl. The van der Waals surface area contributed by atoms with Crippen molar-refractivity contribution in [1.82, 2.24) is 5.32 Å². The number of nitrogens with zero attached hydrogens (tertiary/aromatic N) is 1. The van der Waals surface area contributed by atoms with Crippen LogP contribution >= 0.6 is 24.0 Å². The second-order valence-electron chi connectivity index (χ2n) is 3.42. The van der Waals surface area contributed by atoms with Crippen LogP contribution < -0.4 is 10.2 Å². The predicted octanol–water partition coefficient (Wildman–Crippen LogP) is 2.25. The lowest BCUT2D eigenvalue weighted by atomic mass is 10.2. The van der Waals surface area contributed by atoms with Crippen LogP contribution in [0.2, 0.25) is 5.02 Å². The molecule has 1 N–H and O–H groups in total.